The molecule has 1 aliphatic rings. The first-order chi connectivity index (χ1) is 6.29. The second-order valence-corrected chi connectivity index (χ2v) is 5.05. The zero-order chi connectivity index (χ0) is 10.9. The fourth-order valence-electron chi connectivity index (χ4n) is 1.56. The van der Waals surface area contributed by atoms with E-state index >= 15 is 0 Å². The molecule has 1 atom stereocenters. The lowest BCUT2D eigenvalue weighted by Crippen LogP contribution is -2.51. The Morgan fingerprint density at radius 1 is 1.43 bits per heavy atom. The van der Waals surface area contributed by atoms with Gasteiger partial charge in [0.1, 0.15) is 11.6 Å². The predicted molar refractivity (Wildman–Crippen MR) is 54.5 cm³/mol. The summed E-state index contributed by atoms with van der Waals surface area (Å²) in [6, 6.07) is -0.289. The molecule has 4 N–H and O–H groups in total. The summed E-state index contributed by atoms with van der Waals surface area (Å²) >= 11 is 0. The first kappa shape index (κ1) is 11.5. The molecule has 4 nitrogen and oxygen atoms in total. The summed E-state index contributed by atoms with van der Waals surface area (Å²) < 4.78 is 5.19. The number of esters is 1. The first-order valence-electron chi connectivity index (χ1n) is 5.03. The highest BCUT2D eigenvalue weighted by molar-refractivity contribution is 5.76. The Balaban J connectivity index is 2.38. The van der Waals surface area contributed by atoms with Crippen molar-refractivity contribution < 1.29 is 9.53 Å². The zero-order valence-corrected chi connectivity index (χ0v) is 9.12. The Hall–Kier alpha value is -0.610. The van der Waals surface area contributed by atoms with E-state index in [9.17, 15) is 4.79 Å². The Morgan fingerprint density at radius 3 is 2.29 bits per heavy atom. The van der Waals surface area contributed by atoms with Crippen LogP contribution in [0.2, 0.25) is 0 Å². The van der Waals surface area contributed by atoms with Gasteiger partial charge in [-0.3, -0.25) is 4.79 Å². The Labute approximate surface area is 85.0 Å². The van der Waals surface area contributed by atoms with Crippen LogP contribution in [0.15, 0.2) is 0 Å². The fourth-order valence-corrected chi connectivity index (χ4v) is 1.56. The van der Waals surface area contributed by atoms with E-state index in [0.29, 0.717) is 0 Å². The van der Waals surface area contributed by atoms with E-state index in [-0.39, 0.29) is 17.9 Å². The van der Waals surface area contributed by atoms with Crippen LogP contribution in [-0.2, 0) is 9.53 Å². The molecule has 1 unspecified atom stereocenters. The fraction of sp³-hybridized carbons (Fsp3) is 0.900. The minimum Gasteiger partial charge on any atom is -0.459 e. The standard InChI is InChI=1S/C10H20N2O2/c1-10(2,3)14-9(13)8(12)6-4-7(11)5-6/h6-8H,4-5,11-12H2,1-3H3/t6-,7+,8?. The van der Waals surface area contributed by atoms with Crippen LogP contribution in [0.5, 0.6) is 0 Å². The summed E-state index contributed by atoms with van der Waals surface area (Å²) in [5.41, 5.74) is 10.9. The Kier molecular flexibility index (Phi) is 3.17. The van der Waals surface area contributed by atoms with Crippen molar-refractivity contribution >= 4 is 5.97 Å². The summed E-state index contributed by atoms with van der Waals surface area (Å²) in [6.07, 6.45) is 1.67. The van der Waals surface area contributed by atoms with Crippen molar-refractivity contribution in [2.45, 2.75) is 51.3 Å². The average molecular weight is 200 g/mol. The van der Waals surface area contributed by atoms with Crippen molar-refractivity contribution in [2.75, 3.05) is 0 Å². The third-order valence-electron chi connectivity index (χ3n) is 2.40. The molecule has 0 bridgehead atoms. The van der Waals surface area contributed by atoms with Crippen LogP contribution in [0, 0.1) is 5.92 Å². The molecule has 0 aromatic carbocycles. The van der Waals surface area contributed by atoms with Crippen LogP contribution < -0.4 is 11.5 Å². The molecule has 1 fully saturated rings. The van der Waals surface area contributed by atoms with Gasteiger partial charge in [-0.1, -0.05) is 0 Å². The topological polar surface area (TPSA) is 78.3 Å². The maximum atomic E-state index is 11.5. The molecule has 82 valence electrons. The van der Waals surface area contributed by atoms with Gasteiger partial charge < -0.3 is 16.2 Å². The Bertz CT molecular complexity index is 217. The van der Waals surface area contributed by atoms with Crippen LogP contribution >= 0.6 is 0 Å². The van der Waals surface area contributed by atoms with Gasteiger partial charge in [0.05, 0.1) is 0 Å². The second kappa shape index (κ2) is 3.87. The molecule has 1 aliphatic carbocycles. The molecular formula is C10H20N2O2. The van der Waals surface area contributed by atoms with Crippen LogP contribution in [0.1, 0.15) is 33.6 Å². The Morgan fingerprint density at radius 2 is 1.93 bits per heavy atom. The molecule has 0 saturated heterocycles. The lowest BCUT2D eigenvalue weighted by Gasteiger charge is -2.36. The number of hydrogen-bond donors (Lipinski definition) is 2. The van der Waals surface area contributed by atoms with Crippen molar-refractivity contribution in [1.82, 2.24) is 0 Å². The maximum absolute atomic E-state index is 11.5. The van der Waals surface area contributed by atoms with Gasteiger partial charge in [-0.05, 0) is 39.5 Å². The average Bonchev–Trinajstić information content (AvgIpc) is 1.94. The molecule has 1 rings (SSSR count). The largest absolute Gasteiger partial charge is 0.459 e. The van der Waals surface area contributed by atoms with Gasteiger partial charge in [0.25, 0.3) is 0 Å². The van der Waals surface area contributed by atoms with E-state index in [4.69, 9.17) is 16.2 Å². The maximum Gasteiger partial charge on any atom is 0.323 e. The highest BCUT2D eigenvalue weighted by atomic mass is 16.6. The number of nitrogens with two attached hydrogens (primary N) is 2. The van der Waals surface area contributed by atoms with E-state index in [0.717, 1.165) is 12.8 Å². The van der Waals surface area contributed by atoms with Gasteiger partial charge in [0, 0.05) is 6.04 Å². The van der Waals surface area contributed by atoms with Gasteiger partial charge >= 0.3 is 5.97 Å². The molecule has 1 saturated carbocycles. The van der Waals surface area contributed by atoms with Crippen molar-refractivity contribution in [3.05, 3.63) is 0 Å². The monoisotopic (exact) mass is 200 g/mol. The van der Waals surface area contributed by atoms with Crippen molar-refractivity contribution in [2.24, 2.45) is 17.4 Å². The van der Waals surface area contributed by atoms with Gasteiger partial charge in [0.15, 0.2) is 0 Å². The number of ether oxygens (including phenoxy) is 1. The molecule has 4 heteroatoms. The van der Waals surface area contributed by atoms with Gasteiger partial charge in [0.2, 0.25) is 0 Å². The molecule has 0 amide bonds. The van der Waals surface area contributed by atoms with Crippen molar-refractivity contribution in [1.29, 1.82) is 0 Å². The van der Waals surface area contributed by atoms with Crippen LogP contribution in [0.25, 0.3) is 0 Å². The minimum atomic E-state index is -0.506. The molecule has 0 radical (unpaired) electrons. The van der Waals surface area contributed by atoms with E-state index in [1.54, 1.807) is 0 Å². The minimum absolute atomic E-state index is 0.208. The SMILES string of the molecule is CC(C)(C)OC(=O)C(N)[C@H]1C[C@@H](N)C1. The van der Waals surface area contributed by atoms with Gasteiger partial charge in [-0.25, -0.2) is 0 Å². The summed E-state index contributed by atoms with van der Waals surface area (Å²) in [5, 5.41) is 0. The second-order valence-electron chi connectivity index (χ2n) is 5.05. The van der Waals surface area contributed by atoms with E-state index < -0.39 is 11.6 Å². The third kappa shape index (κ3) is 2.96. The van der Waals surface area contributed by atoms with Crippen molar-refractivity contribution in [3.8, 4) is 0 Å². The summed E-state index contributed by atoms with van der Waals surface area (Å²) in [4.78, 5) is 11.5. The molecule has 0 aromatic rings. The summed E-state index contributed by atoms with van der Waals surface area (Å²) in [7, 11) is 0. The summed E-state index contributed by atoms with van der Waals surface area (Å²) in [5.74, 6) is -0.103. The zero-order valence-electron chi connectivity index (χ0n) is 9.12. The molecule has 0 spiro atoms. The molecule has 0 aliphatic heterocycles. The van der Waals surface area contributed by atoms with E-state index in [1.165, 1.54) is 0 Å². The predicted octanol–water partition coefficient (Wildman–Crippen LogP) is 0.393. The lowest BCUT2D eigenvalue weighted by atomic mass is 9.76. The van der Waals surface area contributed by atoms with E-state index in [2.05, 4.69) is 0 Å². The molecular weight excluding hydrogens is 180 g/mol. The van der Waals surface area contributed by atoms with Crippen LogP contribution in [0.3, 0.4) is 0 Å². The molecule has 14 heavy (non-hydrogen) atoms. The van der Waals surface area contributed by atoms with E-state index in [1.807, 2.05) is 20.8 Å². The van der Waals surface area contributed by atoms with Crippen molar-refractivity contribution in [3.63, 3.8) is 0 Å². The third-order valence-corrected chi connectivity index (χ3v) is 2.40. The lowest BCUT2D eigenvalue weighted by molar-refractivity contribution is -0.158. The first-order valence-corrected chi connectivity index (χ1v) is 5.03. The number of hydrogen-bond acceptors (Lipinski definition) is 4. The quantitative estimate of drug-likeness (QED) is 0.632. The van der Waals surface area contributed by atoms with Gasteiger partial charge in [-0.2, -0.15) is 0 Å². The highest BCUT2D eigenvalue weighted by Gasteiger charge is 2.36. The smallest absolute Gasteiger partial charge is 0.323 e. The van der Waals surface area contributed by atoms with Gasteiger partial charge in [-0.15, -0.1) is 0 Å². The van der Waals surface area contributed by atoms with Crippen LogP contribution in [0.4, 0.5) is 0 Å². The molecule has 0 heterocycles. The highest BCUT2D eigenvalue weighted by Crippen LogP contribution is 2.28. The number of carbonyl (C=O) groups excluding carboxylic acids is 1. The molecule has 0 aromatic heterocycles. The number of carbonyl (C=O) groups is 1. The number of rotatable bonds is 2. The summed E-state index contributed by atoms with van der Waals surface area (Å²) in [6.45, 7) is 5.51. The van der Waals surface area contributed by atoms with Crippen LogP contribution in [-0.4, -0.2) is 23.7 Å². The normalized spacial score (nSPS) is 29.2.